The number of pyridine rings is 1. The molecular formula is C39H38N4O2PtS. The predicted octanol–water partition coefficient (Wildman–Crippen LogP) is 9.49. The van der Waals surface area contributed by atoms with Crippen LogP contribution in [0.25, 0.3) is 33.3 Å². The maximum Gasteiger partial charge on any atom is 2.00 e. The fraction of sp³-hybridized carbons (Fsp3) is 0.282. The molecular weight excluding hydrogens is 784 g/mol. The van der Waals surface area contributed by atoms with Crippen LogP contribution in [0.4, 0.5) is 0 Å². The van der Waals surface area contributed by atoms with E-state index in [4.69, 9.17) is 14.6 Å². The first-order chi connectivity index (χ1) is 22.2. The molecule has 0 N–H and O–H groups in total. The van der Waals surface area contributed by atoms with E-state index in [0.717, 1.165) is 56.0 Å². The summed E-state index contributed by atoms with van der Waals surface area (Å²) in [5.41, 5.74) is 8.84. The maximum absolute atomic E-state index is 6.49. The fourth-order valence-corrected chi connectivity index (χ4v) is 8.05. The minimum atomic E-state index is 0. The van der Waals surface area contributed by atoms with E-state index in [1.54, 1.807) is 13.3 Å². The van der Waals surface area contributed by atoms with Crippen molar-refractivity contribution in [1.82, 2.24) is 19.3 Å². The number of ether oxygens (including phenoxy) is 2. The molecule has 0 saturated carbocycles. The fourth-order valence-electron chi connectivity index (χ4n) is 7.20. The molecule has 242 valence electrons. The molecule has 3 heterocycles. The van der Waals surface area contributed by atoms with Gasteiger partial charge in [0.05, 0.1) is 12.8 Å². The standard InChI is InChI=1S/C39H38N4O2S.Pt/c1-23-16-28(43-27(5)39(26(4)41-43)38-24(2)18-32(46-7)19-25(38)3)20-31(17-23)45-30-12-13-34-33-10-8-9-11-35(33)42(36(34)21-30)37-22-29(44-6)14-15-40-37;/h8-18,22,25,32,38H,19H2,1-7H3;/q-2;+2/t25-,32-,38?;/m0./s1. The molecule has 47 heavy (non-hydrogen) atoms. The normalized spacial score (nSPS) is 17.9. The van der Waals surface area contributed by atoms with Crippen LogP contribution < -0.4 is 9.47 Å². The van der Waals surface area contributed by atoms with Crippen molar-refractivity contribution in [2.45, 2.75) is 52.2 Å². The zero-order valence-electron chi connectivity index (χ0n) is 27.7. The SMILES string of the molecule is COc1ccnc(-n2c3[c-]c(Oc4[c-]c(-n5nc(C)c(C6C(C)=C[C@H](SC)C[C@@H]6C)c5C)cc(C)c4)ccc3c3ccccc32)c1.[Pt+2]. The zero-order valence-corrected chi connectivity index (χ0v) is 30.8. The summed E-state index contributed by atoms with van der Waals surface area (Å²) >= 11 is 1.94. The molecule has 3 aromatic heterocycles. The number of rotatable bonds is 7. The number of allylic oxidation sites excluding steroid dienone is 1. The zero-order chi connectivity index (χ0) is 32.1. The van der Waals surface area contributed by atoms with Crippen LogP contribution in [0.2, 0.25) is 0 Å². The molecule has 0 fully saturated rings. The molecule has 0 spiro atoms. The van der Waals surface area contributed by atoms with E-state index < -0.39 is 0 Å². The van der Waals surface area contributed by atoms with Gasteiger partial charge < -0.3 is 14.0 Å². The van der Waals surface area contributed by atoms with Crippen LogP contribution in [0, 0.1) is 38.8 Å². The number of thioether (sulfide) groups is 1. The maximum atomic E-state index is 6.49. The molecule has 1 aliphatic rings. The average molecular weight is 822 g/mol. The van der Waals surface area contributed by atoms with Gasteiger partial charge in [-0.2, -0.15) is 28.5 Å². The summed E-state index contributed by atoms with van der Waals surface area (Å²) in [4.78, 5) is 4.67. The van der Waals surface area contributed by atoms with Crippen molar-refractivity contribution in [1.29, 1.82) is 0 Å². The Bertz CT molecular complexity index is 2130. The third kappa shape index (κ3) is 6.05. The number of fused-ring (bicyclic) bond motifs is 3. The van der Waals surface area contributed by atoms with Gasteiger partial charge in [0.1, 0.15) is 11.6 Å². The number of benzene rings is 3. The van der Waals surface area contributed by atoms with Crippen LogP contribution in [0.1, 0.15) is 48.7 Å². The van der Waals surface area contributed by atoms with Crippen molar-refractivity contribution >= 4 is 33.6 Å². The molecule has 3 aromatic carbocycles. The minimum absolute atomic E-state index is 0. The van der Waals surface area contributed by atoms with E-state index >= 15 is 0 Å². The number of hydrogen-bond acceptors (Lipinski definition) is 5. The average Bonchev–Trinajstić information content (AvgIpc) is 3.53. The van der Waals surface area contributed by atoms with E-state index in [-0.39, 0.29) is 21.1 Å². The summed E-state index contributed by atoms with van der Waals surface area (Å²) in [6.07, 6.45) is 7.59. The smallest absolute Gasteiger partial charge is 0.509 e. The molecule has 6 nitrogen and oxygen atoms in total. The number of nitrogens with zero attached hydrogens (tertiary/aromatic N) is 4. The van der Waals surface area contributed by atoms with Gasteiger partial charge in [0.15, 0.2) is 0 Å². The number of para-hydroxylation sites is 1. The van der Waals surface area contributed by atoms with Crippen LogP contribution in [-0.4, -0.2) is 37.9 Å². The summed E-state index contributed by atoms with van der Waals surface area (Å²) in [5, 5.41) is 7.82. The number of aryl methyl sites for hydroxylation is 2. The Kier molecular flexibility index (Phi) is 9.42. The molecule has 1 aliphatic carbocycles. The van der Waals surface area contributed by atoms with Gasteiger partial charge in [-0.25, -0.2) is 4.98 Å². The van der Waals surface area contributed by atoms with E-state index in [1.165, 1.54) is 17.6 Å². The quantitative estimate of drug-likeness (QED) is 0.119. The monoisotopic (exact) mass is 821 g/mol. The topological polar surface area (TPSA) is 54.1 Å². The molecule has 0 amide bonds. The predicted molar refractivity (Wildman–Crippen MR) is 188 cm³/mol. The van der Waals surface area contributed by atoms with Gasteiger partial charge in [0, 0.05) is 51.7 Å². The van der Waals surface area contributed by atoms with Crippen LogP contribution in [0.3, 0.4) is 0 Å². The molecule has 6 aromatic rings. The van der Waals surface area contributed by atoms with Gasteiger partial charge in [-0.1, -0.05) is 49.2 Å². The second kappa shape index (κ2) is 13.4. The first-order valence-electron chi connectivity index (χ1n) is 15.7. The third-order valence-corrected chi connectivity index (χ3v) is 10.2. The number of aromatic nitrogens is 4. The summed E-state index contributed by atoms with van der Waals surface area (Å²) in [5.74, 6) is 3.63. The van der Waals surface area contributed by atoms with Gasteiger partial charge in [-0.15, -0.1) is 35.7 Å². The summed E-state index contributed by atoms with van der Waals surface area (Å²) < 4.78 is 16.1. The van der Waals surface area contributed by atoms with Crippen molar-refractivity contribution in [3.05, 3.63) is 113 Å². The van der Waals surface area contributed by atoms with Crippen LogP contribution in [-0.2, 0) is 21.1 Å². The Morgan fingerprint density at radius 1 is 0.936 bits per heavy atom. The van der Waals surface area contributed by atoms with Crippen molar-refractivity contribution in [2.24, 2.45) is 5.92 Å². The number of hydrogen-bond donors (Lipinski definition) is 0. The van der Waals surface area contributed by atoms with E-state index in [0.29, 0.717) is 28.6 Å². The molecule has 0 radical (unpaired) electrons. The van der Waals surface area contributed by atoms with Gasteiger partial charge in [0.25, 0.3) is 0 Å². The third-order valence-electron chi connectivity index (χ3n) is 9.23. The van der Waals surface area contributed by atoms with Gasteiger partial charge in [-0.3, -0.25) is 4.68 Å². The molecule has 8 heteroatoms. The van der Waals surface area contributed by atoms with Crippen molar-refractivity contribution in [2.75, 3.05) is 13.4 Å². The van der Waals surface area contributed by atoms with Crippen molar-refractivity contribution < 1.29 is 30.5 Å². The van der Waals surface area contributed by atoms with Crippen LogP contribution in [0.5, 0.6) is 17.2 Å². The molecule has 0 aliphatic heterocycles. The first kappa shape index (κ1) is 33.1. The Morgan fingerprint density at radius 2 is 1.74 bits per heavy atom. The number of methoxy groups -OCH3 is 1. The van der Waals surface area contributed by atoms with Crippen molar-refractivity contribution in [3.63, 3.8) is 0 Å². The van der Waals surface area contributed by atoms with Gasteiger partial charge >= 0.3 is 21.1 Å². The van der Waals surface area contributed by atoms with Crippen molar-refractivity contribution in [3.8, 4) is 28.8 Å². The summed E-state index contributed by atoms with van der Waals surface area (Å²) in [6, 6.07) is 27.3. The van der Waals surface area contributed by atoms with Gasteiger partial charge in [0.2, 0.25) is 0 Å². The Morgan fingerprint density at radius 3 is 2.51 bits per heavy atom. The minimum Gasteiger partial charge on any atom is -0.509 e. The molecule has 1 unspecified atom stereocenters. The Labute approximate surface area is 295 Å². The first-order valence-corrected chi connectivity index (χ1v) is 17.0. The van der Waals surface area contributed by atoms with Crippen LogP contribution >= 0.6 is 11.8 Å². The Hall–Kier alpha value is -3.80. The van der Waals surface area contributed by atoms with E-state index in [1.807, 2.05) is 46.8 Å². The second-order valence-corrected chi connectivity index (χ2v) is 13.4. The molecule has 0 saturated heterocycles. The van der Waals surface area contributed by atoms with E-state index in [9.17, 15) is 0 Å². The summed E-state index contributed by atoms with van der Waals surface area (Å²) in [6.45, 7) is 11.0. The molecule has 7 rings (SSSR count). The summed E-state index contributed by atoms with van der Waals surface area (Å²) in [7, 11) is 1.66. The van der Waals surface area contributed by atoms with E-state index in [2.05, 4.69) is 99.0 Å². The molecule has 0 bridgehead atoms. The largest absolute Gasteiger partial charge is 2.00 e. The second-order valence-electron chi connectivity index (χ2n) is 12.4. The van der Waals surface area contributed by atoms with Gasteiger partial charge in [-0.05, 0) is 62.6 Å². The Balaban J connectivity index is 0.00000386. The van der Waals surface area contributed by atoms with Crippen LogP contribution in [0.15, 0.2) is 78.5 Å². The molecule has 3 atom stereocenters.